The molecule has 22 heavy (non-hydrogen) atoms. The van der Waals surface area contributed by atoms with Crippen LogP contribution in [0.15, 0.2) is 24.8 Å². The molecular weight excluding hydrogens is 322 g/mol. The lowest BCUT2D eigenvalue weighted by atomic mass is 10.2. The van der Waals surface area contributed by atoms with E-state index < -0.39 is 6.04 Å². The van der Waals surface area contributed by atoms with Crippen molar-refractivity contribution < 1.29 is 9.59 Å². The molecular formula is C13H13N5O2S2. The molecule has 0 spiro atoms. The van der Waals surface area contributed by atoms with E-state index in [0.717, 1.165) is 4.88 Å². The molecule has 9 heteroatoms. The molecule has 0 aliphatic carbocycles. The molecule has 114 valence electrons. The molecule has 1 saturated heterocycles. The summed E-state index contributed by atoms with van der Waals surface area (Å²) in [5.74, 6) is 0.511. The fourth-order valence-electron chi connectivity index (χ4n) is 2.02. The molecule has 1 aliphatic heterocycles. The highest BCUT2D eigenvalue weighted by molar-refractivity contribution is 7.99. The van der Waals surface area contributed by atoms with Crippen molar-refractivity contribution in [1.29, 1.82) is 0 Å². The SMILES string of the molecule is Cc1cnc(NC(=O)C2CSCN2C(=O)c2cnccn2)s1. The van der Waals surface area contributed by atoms with Gasteiger partial charge in [-0.1, -0.05) is 0 Å². The van der Waals surface area contributed by atoms with Gasteiger partial charge in [0.25, 0.3) is 5.91 Å². The summed E-state index contributed by atoms with van der Waals surface area (Å²) in [6, 6.07) is -0.524. The Labute approximate surface area is 135 Å². The zero-order valence-electron chi connectivity index (χ0n) is 11.7. The third-order valence-corrected chi connectivity index (χ3v) is 4.92. The molecule has 2 aromatic rings. The normalized spacial score (nSPS) is 17.5. The number of amides is 2. The number of anilines is 1. The topological polar surface area (TPSA) is 88.1 Å². The van der Waals surface area contributed by atoms with Gasteiger partial charge in [-0.05, 0) is 6.92 Å². The number of nitrogens with zero attached hydrogens (tertiary/aromatic N) is 4. The summed E-state index contributed by atoms with van der Waals surface area (Å²) in [6.07, 6.45) is 6.07. The van der Waals surface area contributed by atoms with Gasteiger partial charge in [0.2, 0.25) is 5.91 Å². The summed E-state index contributed by atoms with van der Waals surface area (Å²) >= 11 is 2.94. The van der Waals surface area contributed by atoms with Crippen LogP contribution in [0.1, 0.15) is 15.4 Å². The van der Waals surface area contributed by atoms with Gasteiger partial charge in [0, 0.05) is 29.2 Å². The molecule has 3 rings (SSSR count). The summed E-state index contributed by atoms with van der Waals surface area (Å²) in [6.45, 7) is 1.92. The van der Waals surface area contributed by atoms with E-state index in [1.54, 1.807) is 6.20 Å². The van der Waals surface area contributed by atoms with Gasteiger partial charge in [-0.2, -0.15) is 0 Å². The van der Waals surface area contributed by atoms with Crippen molar-refractivity contribution in [3.8, 4) is 0 Å². The van der Waals surface area contributed by atoms with Crippen molar-refractivity contribution in [2.75, 3.05) is 16.9 Å². The van der Waals surface area contributed by atoms with Crippen LogP contribution in [-0.2, 0) is 4.79 Å². The number of aromatic nitrogens is 3. The monoisotopic (exact) mass is 335 g/mol. The number of carbonyl (C=O) groups excluding carboxylic acids is 2. The Morgan fingerprint density at radius 3 is 2.86 bits per heavy atom. The molecule has 1 unspecified atom stereocenters. The highest BCUT2D eigenvalue weighted by atomic mass is 32.2. The van der Waals surface area contributed by atoms with Crippen LogP contribution < -0.4 is 5.32 Å². The van der Waals surface area contributed by atoms with E-state index in [2.05, 4.69) is 20.3 Å². The molecule has 2 aromatic heterocycles. The Kier molecular flexibility index (Phi) is 4.34. The number of aryl methyl sites for hydroxylation is 1. The number of carbonyl (C=O) groups is 2. The first kappa shape index (κ1) is 14.9. The summed E-state index contributed by atoms with van der Waals surface area (Å²) in [4.78, 5) is 39.4. The van der Waals surface area contributed by atoms with Gasteiger partial charge in [-0.15, -0.1) is 23.1 Å². The lowest BCUT2D eigenvalue weighted by molar-refractivity contribution is -0.119. The van der Waals surface area contributed by atoms with Crippen molar-refractivity contribution in [1.82, 2.24) is 19.9 Å². The van der Waals surface area contributed by atoms with E-state index in [4.69, 9.17) is 0 Å². The lowest BCUT2D eigenvalue weighted by Crippen LogP contribution is -2.44. The van der Waals surface area contributed by atoms with Gasteiger partial charge in [-0.3, -0.25) is 14.6 Å². The van der Waals surface area contributed by atoms with Crippen molar-refractivity contribution >= 4 is 40.0 Å². The van der Waals surface area contributed by atoms with Crippen LogP contribution in [0.25, 0.3) is 0 Å². The fourth-order valence-corrected chi connectivity index (χ4v) is 3.84. The summed E-state index contributed by atoms with van der Waals surface area (Å²) in [5, 5.41) is 3.31. The first-order chi connectivity index (χ1) is 10.6. The smallest absolute Gasteiger partial charge is 0.275 e. The Morgan fingerprint density at radius 1 is 1.32 bits per heavy atom. The minimum absolute atomic E-state index is 0.225. The minimum Gasteiger partial charge on any atom is -0.315 e. The van der Waals surface area contributed by atoms with Crippen molar-refractivity contribution in [2.45, 2.75) is 13.0 Å². The molecule has 0 radical (unpaired) electrons. The first-order valence-corrected chi connectivity index (χ1v) is 8.50. The van der Waals surface area contributed by atoms with Crippen molar-refractivity contribution in [3.05, 3.63) is 35.4 Å². The maximum atomic E-state index is 12.4. The molecule has 1 aliphatic rings. The van der Waals surface area contributed by atoms with Crippen LogP contribution in [0, 0.1) is 6.92 Å². The Morgan fingerprint density at radius 2 is 2.18 bits per heavy atom. The van der Waals surface area contributed by atoms with E-state index in [1.807, 2.05) is 6.92 Å². The van der Waals surface area contributed by atoms with E-state index in [1.165, 1.54) is 46.6 Å². The molecule has 0 saturated carbocycles. The van der Waals surface area contributed by atoms with Gasteiger partial charge in [0.1, 0.15) is 11.7 Å². The first-order valence-electron chi connectivity index (χ1n) is 6.53. The average molecular weight is 335 g/mol. The maximum Gasteiger partial charge on any atom is 0.275 e. The molecule has 0 bridgehead atoms. The lowest BCUT2D eigenvalue weighted by Gasteiger charge is -2.22. The van der Waals surface area contributed by atoms with E-state index >= 15 is 0 Å². The third kappa shape index (κ3) is 3.09. The highest BCUT2D eigenvalue weighted by Gasteiger charge is 2.36. The summed E-state index contributed by atoms with van der Waals surface area (Å²) in [5.41, 5.74) is 0.243. The molecule has 0 aromatic carbocycles. The molecule has 7 nitrogen and oxygen atoms in total. The second-order valence-electron chi connectivity index (χ2n) is 4.65. The van der Waals surface area contributed by atoms with Gasteiger partial charge in [-0.25, -0.2) is 9.97 Å². The predicted molar refractivity (Wildman–Crippen MR) is 84.8 cm³/mol. The molecule has 2 amide bonds. The Hall–Kier alpha value is -2.00. The predicted octanol–water partition coefficient (Wildman–Crippen LogP) is 1.40. The maximum absolute atomic E-state index is 12.4. The number of thiazole rings is 1. The minimum atomic E-state index is -0.524. The molecule has 1 atom stereocenters. The van der Waals surface area contributed by atoms with Gasteiger partial charge in [0.15, 0.2) is 5.13 Å². The Bertz CT molecular complexity index is 691. The average Bonchev–Trinajstić information content (AvgIpc) is 3.16. The number of hydrogen-bond acceptors (Lipinski definition) is 7. The van der Waals surface area contributed by atoms with Crippen molar-refractivity contribution in [2.24, 2.45) is 0 Å². The Balaban J connectivity index is 1.72. The molecule has 1 fully saturated rings. The zero-order chi connectivity index (χ0) is 15.5. The second kappa shape index (κ2) is 6.41. The highest BCUT2D eigenvalue weighted by Crippen LogP contribution is 2.24. The van der Waals surface area contributed by atoms with Gasteiger partial charge in [0.05, 0.1) is 12.1 Å². The van der Waals surface area contributed by atoms with Crippen LogP contribution in [0.2, 0.25) is 0 Å². The van der Waals surface area contributed by atoms with Crippen LogP contribution >= 0.6 is 23.1 Å². The zero-order valence-corrected chi connectivity index (χ0v) is 13.4. The van der Waals surface area contributed by atoms with Crippen LogP contribution in [0.4, 0.5) is 5.13 Å². The quantitative estimate of drug-likeness (QED) is 0.912. The largest absolute Gasteiger partial charge is 0.315 e. The van der Waals surface area contributed by atoms with Crippen LogP contribution in [0.3, 0.4) is 0 Å². The second-order valence-corrected chi connectivity index (χ2v) is 6.88. The third-order valence-electron chi connectivity index (χ3n) is 3.08. The number of nitrogens with one attached hydrogen (secondary N) is 1. The number of rotatable bonds is 3. The standard InChI is InChI=1S/C13H13N5O2S2/c1-8-4-16-13(22-8)17-11(19)10-6-21-7-18(10)12(20)9-5-14-2-3-15-9/h2-5,10H,6-7H2,1H3,(H,16,17,19). The number of hydrogen-bond donors (Lipinski definition) is 1. The summed E-state index contributed by atoms with van der Waals surface area (Å²) < 4.78 is 0. The van der Waals surface area contributed by atoms with Gasteiger partial charge < -0.3 is 10.2 Å². The molecule has 1 N–H and O–H groups in total. The van der Waals surface area contributed by atoms with Crippen LogP contribution in [0.5, 0.6) is 0 Å². The van der Waals surface area contributed by atoms with Crippen molar-refractivity contribution in [3.63, 3.8) is 0 Å². The fraction of sp³-hybridized carbons (Fsp3) is 0.308. The summed E-state index contributed by atoms with van der Waals surface area (Å²) in [7, 11) is 0. The van der Waals surface area contributed by atoms with Crippen LogP contribution in [-0.4, -0.2) is 49.3 Å². The number of thioether (sulfide) groups is 1. The van der Waals surface area contributed by atoms with E-state index in [9.17, 15) is 9.59 Å². The van der Waals surface area contributed by atoms with E-state index in [-0.39, 0.29) is 17.5 Å². The van der Waals surface area contributed by atoms with Gasteiger partial charge >= 0.3 is 0 Å². The van der Waals surface area contributed by atoms with E-state index in [0.29, 0.717) is 16.8 Å². The molecule has 3 heterocycles.